The molecule has 0 saturated heterocycles. The van der Waals surface area contributed by atoms with Gasteiger partial charge in [-0.2, -0.15) is 0 Å². The summed E-state index contributed by atoms with van der Waals surface area (Å²) in [6.45, 7) is 0. The fourth-order valence-corrected chi connectivity index (χ4v) is 7.16. The topological polar surface area (TPSA) is 20.3 Å². The van der Waals surface area contributed by atoms with Crippen molar-refractivity contribution in [3.8, 4) is 0 Å². The summed E-state index contributed by atoms with van der Waals surface area (Å²) in [4.78, 5) is 2.05. The van der Waals surface area contributed by atoms with Crippen molar-refractivity contribution in [3.63, 3.8) is 0 Å². The van der Waals surface area contributed by atoms with E-state index in [2.05, 4.69) is 17.0 Å². The molecule has 0 saturated carbocycles. The molecule has 0 unspecified atom stereocenters. The highest BCUT2D eigenvalue weighted by molar-refractivity contribution is 8.00. The van der Waals surface area contributed by atoms with Crippen LogP contribution >= 0.6 is 0 Å². The number of hydrogen-bond acceptors (Lipinski definition) is 2. The van der Waals surface area contributed by atoms with Crippen LogP contribution in [0.3, 0.4) is 0 Å². The van der Waals surface area contributed by atoms with Gasteiger partial charge in [0, 0.05) is 25.3 Å². The SMILES string of the molecule is CN(C)c1ccc(C[S+](C)(C)=O)cc1.Fc1c(F)c(F)c([B-](c2c(F)c(F)c(F)c(F)c2F)(c2c(F)c(F)c(F)c(F)c2F)c2c(F)c(F)c(F)c(F)c2F)c(F)c1F. The van der Waals surface area contributed by atoms with E-state index in [4.69, 9.17) is 0 Å². The molecule has 59 heavy (non-hydrogen) atoms. The molecule has 0 amide bonds. The van der Waals surface area contributed by atoms with Crippen LogP contribution in [-0.2, 0) is 19.9 Å². The molecule has 0 N–H and O–H groups in total. The van der Waals surface area contributed by atoms with Gasteiger partial charge < -0.3 is 4.90 Å². The molecular formula is C35H18BF20NOS. The Morgan fingerprint density at radius 1 is 0.373 bits per heavy atom. The van der Waals surface area contributed by atoms with Gasteiger partial charge in [0.25, 0.3) is 0 Å². The number of anilines is 1. The number of hydrogen-bond donors (Lipinski definition) is 0. The largest absolute Gasteiger partial charge is 0.378 e. The Kier molecular flexibility index (Phi) is 12.9. The Morgan fingerprint density at radius 3 is 0.729 bits per heavy atom. The molecule has 5 aromatic carbocycles. The van der Waals surface area contributed by atoms with Crippen LogP contribution in [0.25, 0.3) is 0 Å². The van der Waals surface area contributed by atoms with E-state index in [-0.39, 0.29) is 0 Å². The Balaban J connectivity index is 0.000000464. The van der Waals surface area contributed by atoms with Crippen molar-refractivity contribution in [2.45, 2.75) is 5.75 Å². The van der Waals surface area contributed by atoms with Gasteiger partial charge in [-0.3, -0.25) is 0 Å². The third-order valence-corrected chi connectivity index (χ3v) is 9.70. The molecule has 5 aromatic rings. The minimum absolute atomic E-state index is 0.667. The first-order valence-electron chi connectivity index (χ1n) is 15.5. The average molecular weight is 891 g/mol. The summed E-state index contributed by atoms with van der Waals surface area (Å²) in [5.74, 6) is -70.7. The standard InChI is InChI=1S/C24BF20.C11H18NOS/c26-5-1(6(27)14(35)21(42)13(5)34)25(2-7(28)15(36)22(43)16(37)8(2)29,3-9(30)17(38)23(44)18(39)10(3)31)4-11(32)19(40)24(45)20(41)12(4)33;1-12(2)11-7-5-10(6-8-11)9-14(3,4)13/h;5-8H,9H2,1-4H3/q-1;+1. The summed E-state index contributed by atoms with van der Waals surface area (Å²) in [7, 11) is 2.35. The van der Waals surface area contributed by atoms with Crippen LogP contribution in [-0.4, -0.2) is 32.8 Å². The van der Waals surface area contributed by atoms with E-state index in [1.165, 1.54) is 5.69 Å². The molecule has 0 radical (unpaired) electrons. The second-order valence-corrected chi connectivity index (χ2v) is 16.1. The second-order valence-electron chi connectivity index (χ2n) is 12.9. The van der Waals surface area contributed by atoms with Crippen molar-refractivity contribution in [1.82, 2.24) is 0 Å². The summed E-state index contributed by atoms with van der Waals surface area (Å²) in [6, 6.07) is 8.20. The lowest BCUT2D eigenvalue weighted by molar-refractivity contribution is 0.378. The maximum absolute atomic E-state index is 15.4. The molecule has 0 spiro atoms. The monoisotopic (exact) mass is 891 g/mol. The third kappa shape index (κ3) is 7.58. The van der Waals surface area contributed by atoms with Crippen LogP contribution in [0.1, 0.15) is 5.56 Å². The van der Waals surface area contributed by atoms with Gasteiger partial charge in [0.2, 0.25) is 0 Å². The number of nitrogens with zero attached hydrogens (tertiary/aromatic N) is 1. The van der Waals surface area contributed by atoms with Crippen molar-refractivity contribution in [1.29, 1.82) is 0 Å². The van der Waals surface area contributed by atoms with Crippen LogP contribution in [0.2, 0.25) is 0 Å². The van der Waals surface area contributed by atoms with Crippen molar-refractivity contribution in [2.24, 2.45) is 0 Å². The van der Waals surface area contributed by atoms with Crippen LogP contribution in [0.5, 0.6) is 0 Å². The van der Waals surface area contributed by atoms with Gasteiger partial charge in [-0.25, -0.2) is 87.8 Å². The summed E-state index contributed by atoms with van der Waals surface area (Å²) in [6.07, 6.45) is -3.62. The number of rotatable bonds is 7. The molecule has 0 aromatic heterocycles. The fourth-order valence-electron chi connectivity index (χ4n) is 6.17. The molecular weight excluding hydrogens is 873 g/mol. The van der Waals surface area contributed by atoms with Gasteiger partial charge >= 0.3 is 0 Å². The lowest BCUT2D eigenvalue weighted by Gasteiger charge is -2.44. The third-order valence-electron chi connectivity index (χ3n) is 8.67. The van der Waals surface area contributed by atoms with Crippen molar-refractivity contribution >= 4 is 43.6 Å². The lowest BCUT2D eigenvalue weighted by Crippen LogP contribution is -2.81. The quantitative estimate of drug-likeness (QED) is 0.0546. The van der Waals surface area contributed by atoms with E-state index >= 15 is 35.1 Å². The predicted octanol–water partition coefficient (Wildman–Crippen LogP) is 7.86. The Labute approximate surface area is 319 Å². The zero-order valence-electron chi connectivity index (χ0n) is 29.4. The summed E-state index contributed by atoms with van der Waals surface area (Å²) < 4.78 is 306. The van der Waals surface area contributed by atoms with Crippen molar-refractivity contribution < 1.29 is 92.0 Å². The molecule has 0 fully saturated rings. The molecule has 2 nitrogen and oxygen atoms in total. The lowest BCUT2D eigenvalue weighted by atomic mass is 9.12. The normalized spacial score (nSPS) is 11.9. The Bertz CT molecular complexity index is 2180. The average Bonchev–Trinajstić information content (AvgIpc) is 3.17. The number of halogens is 20. The van der Waals surface area contributed by atoms with Crippen LogP contribution in [0.4, 0.5) is 93.5 Å². The highest BCUT2D eigenvalue weighted by Crippen LogP contribution is 2.31. The summed E-state index contributed by atoms with van der Waals surface area (Å²) in [5, 5.41) is 0. The van der Waals surface area contributed by atoms with E-state index in [1.54, 1.807) is 12.5 Å². The van der Waals surface area contributed by atoms with Crippen LogP contribution < -0.4 is 26.8 Å². The van der Waals surface area contributed by atoms with Crippen LogP contribution in [0, 0.1) is 116 Å². The van der Waals surface area contributed by atoms with E-state index in [0.29, 0.717) is 5.75 Å². The smallest absolute Gasteiger partial charge is 0.200 e. The maximum Gasteiger partial charge on any atom is 0.200 e. The molecule has 0 aliphatic carbocycles. The van der Waals surface area contributed by atoms with Crippen LogP contribution in [0.15, 0.2) is 24.3 Å². The number of benzene rings is 5. The first kappa shape index (κ1) is 46.4. The zero-order valence-corrected chi connectivity index (χ0v) is 30.2. The van der Waals surface area contributed by atoms with E-state index in [1.807, 2.05) is 26.2 Å². The molecule has 5 rings (SSSR count). The Morgan fingerprint density at radius 2 is 0.559 bits per heavy atom. The fraction of sp³-hybridized carbons (Fsp3) is 0.143. The first-order valence-corrected chi connectivity index (χ1v) is 18.0. The van der Waals surface area contributed by atoms with E-state index < -0.39 is 154 Å². The van der Waals surface area contributed by atoms with Crippen molar-refractivity contribution in [3.05, 3.63) is 146 Å². The van der Waals surface area contributed by atoms with Gasteiger partial charge in [-0.15, -0.1) is 26.1 Å². The van der Waals surface area contributed by atoms with Gasteiger partial charge in [0.15, 0.2) is 69.8 Å². The molecule has 0 aliphatic rings. The molecule has 0 aliphatic heterocycles. The zero-order chi connectivity index (χ0) is 45.1. The minimum Gasteiger partial charge on any atom is -0.378 e. The maximum atomic E-state index is 15.4. The summed E-state index contributed by atoms with van der Waals surface area (Å²) in [5.41, 5.74) is -12.0. The molecule has 24 heteroatoms. The predicted molar refractivity (Wildman–Crippen MR) is 174 cm³/mol. The first-order chi connectivity index (χ1) is 27.1. The summed E-state index contributed by atoms with van der Waals surface area (Å²) >= 11 is 0. The Hall–Kier alpha value is -5.29. The second kappa shape index (κ2) is 16.4. The molecule has 318 valence electrons. The molecule has 0 heterocycles. The van der Waals surface area contributed by atoms with Crippen molar-refractivity contribution in [2.75, 3.05) is 31.5 Å². The minimum atomic E-state index is -7.22. The highest BCUT2D eigenvalue weighted by atomic mass is 32.2. The van der Waals surface area contributed by atoms with Gasteiger partial charge in [0.1, 0.15) is 70.9 Å². The highest BCUT2D eigenvalue weighted by Gasteiger charge is 2.52. The van der Waals surface area contributed by atoms with Gasteiger partial charge in [-0.05, 0) is 12.1 Å². The molecule has 0 bridgehead atoms. The van der Waals surface area contributed by atoms with E-state index in [9.17, 15) is 56.9 Å². The van der Waals surface area contributed by atoms with E-state index in [0.717, 1.165) is 5.56 Å². The van der Waals surface area contributed by atoms with Gasteiger partial charge in [-0.1, -0.05) is 12.1 Å². The molecule has 0 atom stereocenters. The van der Waals surface area contributed by atoms with Gasteiger partial charge in [0.05, 0.1) is 9.93 Å².